The number of nitrogens with zero attached hydrogens (tertiary/aromatic N) is 2. The van der Waals surface area contributed by atoms with Gasteiger partial charge in [-0.25, -0.2) is 17.6 Å². The monoisotopic (exact) mass is 452 g/mol. The van der Waals surface area contributed by atoms with Gasteiger partial charge in [-0.2, -0.15) is 4.31 Å². The van der Waals surface area contributed by atoms with Crippen molar-refractivity contribution in [1.29, 1.82) is 0 Å². The Morgan fingerprint density at radius 1 is 1.03 bits per heavy atom. The van der Waals surface area contributed by atoms with Gasteiger partial charge in [-0.15, -0.1) is 0 Å². The van der Waals surface area contributed by atoms with Crippen molar-refractivity contribution in [3.63, 3.8) is 0 Å². The van der Waals surface area contributed by atoms with Gasteiger partial charge in [0, 0.05) is 43.3 Å². The molecule has 3 aromatic rings. The molecule has 1 aliphatic heterocycles. The number of nitrogens with one attached hydrogen (secondary N) is 2. The molecule has 158 valence electrons. The maximum Gasteiger partial charge on any atom is 0.326 e. The van der Waals surface area contributed by atoms with Crippen molar-refractivity contribution < 1.29 is 12.8 Å². The lowest BCUT2D eigenvalue weighted by molar-refractivity contribution is 0.180. The van der Waals surface area contributed by atoms with E-state index in [1.54, 1.807) is 6.07 Å². The zero-order chi connectivity index (χ0) is 21.5. The third kappa shape index (κ3) is 3.91. The van der Waals surface area contributed by atoms with Crippen LogP contribution in [-0.4, -0.2) is 53.8 Å². The largest absolute Gasteiger partial charge is 0.326 e. The molecule has 0 amide bonds. The van der Waals surface area contributed by atoms with E-state index in [9.17, 15) is 22.4 Å². The second-order valence-electron chi connectivity index (χ2n) is 7.00. The van der Waals surface area contributed by atoms with Crippen LogP contribution in [0.3, 0.4) is 0 Å². The third-order valence-electron chi connectivity index (χ3n) is 5.12. The summed E-state index contributed by atoms with van der Waals surface area (Å²) in [6, 6.07) is 8.51. The molecule has 1 aliphatic rings. The Hall–Kier alpha value is -2.53. The summed E-state index contributed by atoms with van der Waals surface area (Å²) in [5, 5.41) is 0.424. The molecule has 0 saturated carbocycles. The van der Waals surface area contributed by atoms with Gasteiger partial charge in [0.2, 0.25) is 10.0 Å². The average molecular weight is 453 g/mol. The number of fused-ring (bicyclic) bond motifs is 1. The normalized spacial score (nSPS) is 16.2. The molecule has 11 heteroatoms. The van der Waals surface area contributed by atoms with Crippen LogP contribution in [-0.2, 0) is 16.6 Å². The minimum absolute atomic E-state index is 0.0295. The molecule has 1 saturated heterocycles. The maximum atomic E-state index is 14.0. The van der Waals surface area contributed by atoms with Crippen molar-refractivity contribution in [1.82, 2.24) is 19.2 Å². The van der Waals surface area contributed by atoms with Crippen molar-refractivity contribution in [3.05, 3.63) is 73.6 Å². The van der Waals surface area contributed by atoms with E-state index < -0.39 is 27.1 Å². The molecule has 1 aromatic heterocycles. The number of aromatic nitrogens is 2. The predicted octanol–water partition coefficient (Wildman–Crippen LogP) is 1.52. The molecule has 30 heavy (non-hydrogen) atoms. The number of aromatic amines is 2. The van der Waals surface area contributed by atoms with E-state index in [0.717, 1.165) is 0 Å². The molecule has 4 rings (SSSR count). The number of H-pyrrole nitrogens is 2. The first-order valence-electron chi connectivity index (χ1n) is 9.17. The van der Waals surface area contributed by atoms with Crippen LogP contribution in [0.4, 0.5) is 4.39 Å². The number of sulfonamides is 1. The van der Waals surface area contributed by atoms with Crippen molar-refractivity contribution in [2.45, 2.75) is 11.4 Å². The highest BCUT2D eigenvalue weighted by Crippen LogP contribution is 2.23. The Labute approximate surface area is 176 Å². The molecule has 0 aliphatic carbocycles. The van der Waals surface area contributed by atoms with E-state index in [1.165, 1.54) is 34.6 Å². The molecular formula is C19H18ClFN4O4S. The summed E-state index contributed by atoms with van der Waals surface area (Å²) in [5.41, 5.74) is -0.668. The summed E-state index contributed by atoms with van der Waals surface area (Å²) in [5.74, 6) is -0.392. The van der Waals surface area contributed by atoms with Crippen LogP contribution in [0.15, 0.2) is 50.9 Å². The molecule has 8 nitrogen and oxygen atoms in total. The van der Waals surface area contributed by atoms with Crippen LogP contribution in [0.2, 0.25) is 5.02 Å². The number of benzene rings is 2. The summed E-state index contributed by atoms with van der Waals surface area (Å²) in [4.78, 5) is 29.8. The fraction of sp³-hybridized carbons (Fsp3) is 0.263. The van der Waals surface area contributed by atoms with E-state index in [4.69, 9.17) is 11.6 Å². The number of hydrogen-bond acceptors (Lipinski definition) is 5. The number of piperazine rings is 1. The quantitative estimate of drug-likeness (QED) is 0.624. The summed E-state index contributed by atoms with van der Waals surface area (Å²) in [7, 11) is -3.83. The number of rotatable bonds is 4. The van der Waals surface area contributed by atoms with Gasteiger partial charge in [0.1, 0.15) is 5.82 Å². The molecule has 0 unspecified atom stereocenters. The Balaban J connectivity index is 1.52. The van der Waals surface area contributed by atoms with Crippen LogP contribution < -0.4 is 11.2 Å². The summed E-state index contributed by atoms with van der Waals surface area (Å²) in [6.07, 6.45) is 0. The fourth-order valence-electron chi connectivity index (χ4n) is 3.49. The second-order valence-corrected chi connectivity index (χ2v) is 9.34. The second kappa shape index (κ2) is 7.95. The van der Waals surface area contributed by atoms with Crippen molar-refractivity contribution >= 4 is 32.5 Å². The lowest BCUT2D eigenvalue weighted by Crippen LogP contribution is -2.48. The molecule has 0 bridgehead atoms. The van der Waals surface area contributed by atoms with Crippen LogP contribution in [0, 0.1) is 5.82 Å². The standard InChI is InChI=1S/C19H18ClFN4O4S/c20-15-2-1-3-16(21)14(15)11-24-6-8-25(9-7-24)30(28,29)12-4-5-17-13(10-12)18(26)23-19(27)22-17/h1-5,10H,6-9,11H2,(H2,22,23,26,27). The number of hydrogen-bond donors (Lipinski definition) is 2. The highest BCUT2D eigenvalue weighted by atomic mass is 35.5. The first-order valence-corrected chi connectivity index (χ1v) is 11.0. The van der Waals surface area contributed by atoms with Gasteiger partial charge >= 0.3 is 5.69 Å². The zero-order valence-corrected chi connectivity index (χ0v) is 17.3. The fourth-order valence-corrected chi connectivity index (χ4v) is 5.16. The SMILES string of the molecule is O=c1[nH]c(=O)c2cc(S(=O)(=O)N3CCN(Cc4c(F)cccc4Cl)CC3)ccc2[nH]1. The van der Waals surface area contributed by atoms with Gasteiger partial charge in [0.15, 0.2) is 0 Å². The van der Waals surface area contributed by atoms with Gasteiger partial charge in [-0.05, 0) is 30.3 Å². The van der Waals surface area contributed by atoms with Gasteiger partial charge in [-0.1, -0.05) is 17.7 Å². The molecule has 0 atom stereocenters. The first kappa shape index (κ1) is 20.7. The highest BCUT2D eigenvalue weighted by Gasteiger charge is 2.29. The molecule has 0 radical (unpaired) electrons. The van der Waals surface area contributed by atoms with Crippen molar-refractivity contribution in [2.75, 3.05) is 26.2 Å². The van der Waals surface area contributed by atoms with Crippen LogP contribution in [0.1, 0.15) is 5.56 Å². The van der Waals surface area contributed by atoms with Crippen LogP contribution in [0.25, 0.3) is 10.9 Å². The molecule has 0 spiro atoms. The lowest BCUT2D eigenvalue weighted by Gasteiger charge is -2.34. The van der Waals surface area contributed by atoms with Gasteiger partial charge in [-0.3, -0.25) is 14.7 Å². The van der Waals surface area contributed by atoms with Crippen LogP contribution >= 0.6 is 11.6 Å². The van der Waals surface area contributed by atoms with Crippen molar-refractivity contribution in [2.24, 2.45) is 0 Å². The molecule has 2 N–H and O–H groups in total. The van der Waals surface area contributed by atoms with E-state index in [-0.39, 0.29) is 35.4 Å². The summed E-state index contributed by atoms with van der Waals surface area (Å²) < 4.78 is 41.4. The average Bonchev–Trinajstić information content (AvgIpc) is 2.71. The Kier molecular flexibility index (Phi) is 5.49. The van der Waals surface area contributed by atoms with Gasteiger partial charge in [0.25, 0.3) is 5.56 Å². The zero-order valence-electron chi connectivity index (χ0n) is 15.7. The van der Waals surface area contributed by atoms with Gasteiger partial charge < -0.3 is 4.98 Å². The summed E-state index contributed by atoms with van der Waals surface area (Å²) >= 11 is 6.08. The molecule has 2 aromatic carbocycles. The molecule has 2 heterocycles. The van der Waals surface area contributed by atoms with Crippen molar-refractivity contribution in [3.8, 4) is 0 Å². The van der Waals surface area contributed by atoms with Gasteiger partial charge in [0.05, 0.1) is 15.8 Å². The van der Waals surface area contributed by atoms with E-state index >= 15 is 0 Å². The maximum absolute atomic E-state index is 14.0. The molecule has 1 fully saturated rings. The number of halogens is 2. The first-order chi connectivity index (χ1) is 14.3. The predicted molar refractivity (Wildman–Crippen MR) is 111 cm³/mol. The van der Waals surface area contributed by atoms with E-state index in [0.29, 0.717) is 23.7 Å². The minimum Gasteiger partial charge on any atom is -0.307 e. The third-order valence-corrected chi connectivity index (χ3v) is 7.37. The topological polar surface area (TPSA) is 106 Å². The Morgan fingerprint density at radius 2 is 1.77 bits per heavy atom. The van der Waals surface area contributed by atoms with E-state index in [1.807, 2.05) is 4.90 Å². The highest BCUT2D eigenvalue weighted by molar-refractivity contribution is 7.89. The van der Waals surface area contributed by atoms with E-state index in [2.05, 4.69) is 9.97 Å². The Bertz CT molecular complexity index is 1310. The van der Waals surface area contributed by atoms with Crippen LogP contribution in [0.5, 0.6) is 0 Å². The minimum atomic E-state index is -3.83. The summed E-state index contributed by atoms with van der Waals surface area (Å²) in [6.45, 7) is 1.54. The molecular weight excluding hydrogens is 435 g/mol. The Morgan fingerprint density at radius 3 is 2.47 bits per heavy atom. The smallest absolute Gasteiger partial charge is 0.307 e. The lowest BCUT2D eigenvalue weighted by atomic mass is 10.2.